The summed E-state index contributed by atoms with van der Waals surface area (Å²) in [6.07, 6.45) is 4.13. The first-order valence-electron chi connectivity index (χ1n) is 12.9. The van der Waals surface area contributed by atoms with Crippen LogP contribution >= 0.6 is 24.8 Å². The number of aryl methyl sites for hydroxylation is 1. The Morgan fingerprint density at radius 2 is 1.29 bits per heavy atom. The number of benzene rings is 3. The van der Waals surface area contributed by atoms with Gasteiger partial charge in [0.1, 0.15) is 13.2 Å². The molecule has 208 valence electrons. The number of nitrogens with two attached hydrogens (primary N) is 1. The number of carbonyl (C=O) groups is 1. The molecule has 0 unspecified atom stereocenters. The fraction of sp³-hybridized carbons (Fsp3) is 0.367. The van der Waals surface area contributed by atoms with Crippen molar-refractivity contribution in [2.75, 3.05) is 26.2 Å². The smallest absolute Gasteiger partial charge is 0.220 e. The summed E-state index contributed by atoms with van der Waals surface area (Å²) in [5.41, 5.74) is 8.72. The van der Waals surface area contributed by atoms with Crippen molar-refractivity contribution in [3.63, 3.8) is 0 Å². The van der Waals surface area contributed by atoms with Gasteiger partial charge in [0.05, 0.1) is 0 Å². The molecule has 0 aliphatic heterocycles. The molecule has 8 heteroatoms. The lowest BCUT2D eigenvalue weighted by atomic mass is 10.1. The highest BCUT2D eigenvalue weighted by atomic mass is 35.5. The Hall–Kier alpha value is -2.77. The zero-order chi connectivity index (χ0) is 25.3. The average Bonchev–Trinajstić information content (AvgIpc) is 2.92. The van der Waals surface area contributed by atoms with Crippen molar-refractivity contribution in [2.24, 2.45) is 5.73 Å². The van der Waals surface area contributed by atoms with Crippen LogP contribution < -0.4 is 25.8 Å². The second-order valence-corrected chi connectivity index (χ2v) is 8.78. The minimum absolute atomic E-state index is 0. The van der Waals surface area contributed by atoms with Crippen LogP contribution in [0.1, 0.15) is 42.4 Å². The van der Waals surface area contributed by atoms with Gasteiger partial charge in [-0.2, -0.15) is 0 Å². The number of amides is 1. The van der Waals surface area contributed by atoms with Gasteiger partial charge in [-0.1, -0.05) is 66.7 Å². The van der Waals surface area contributed by atoms with Gasteiger partial charge in [-0.3, -0.25) is 4.79 Å². The molecule has 0 fully saturated rings. The number of halogens is 2. The van der Waals surface area contributed by atoms with Crippen LogP contribution in [-0.2, 0) is 24.4 Å². The summed E-state index contributed by atoms with van der Waals surface area (Å²) in [4.78, 5) is 12.3. The highest BCUT2D eigenvalue weighted by Gasteiger charge is 2.10. The van der Waals surface area contributed by atoms with Crippen molar-refractivity contribution < 1.29 is 14.3 Å². The summed E-state index contributed by atoms with van der Waals surface area (Å²) >= 11 is 0. The van der Waals surface area contributed by atoms with E-state index in [-0.39, 0.29) is 30.7 Å². The second-order valence-electron chi connectivity index (χ2n) is 8.78. The Bertz CT molecular complexity index is 1020. The quantitative estimate of drug-likeness (QED) is 0.191. The number of hydrogen-bond donors (Lipinski definition) is 3. The standard InChI is InChI=1S/C30H39N3O3.2ClH/c31-18-7-8-19-32-20-9-21-33-30(34)17-15-25-14-16-28(35-23-26-10-3-1-4-11-26)29(22-25)36-24-27-12-5-2-6-13-27;;/h1-6,10-14,16,22,32H,7-9,15,17-21,23-24,31H2,(H,33,34);2*1H. The molecule has 0 aliphatic rings. The van der Waals surface area contributed by atoms with Crippen LogP contribution in [0.3, 0.4) is 0 Å². The van der Waals surface area contributed by atoms with Crippen molar-refractivity contribution in [1.82, 2.24) is 10.6 Å². The Morgan fingerprint density at radius 1 is 0.684 bits per heavy atom. The van der Waals surface area contributed by atoms with Crippen LogP contribution in [0, 0.1) is 0 Å². The molecule has 3 aromatic carbocycles. The molecule has 0 saturated heterocycles. The molecule has 0 heterocycles. The summed E-state index contributed by atoms with van der Waals surface area (Å²) in [5.74, 6) is 1.45. The Kier molecular flexibility index (Phi) is 17.7. The molecule has 6 nitrogen and oxygen atoms in total. The lowest BCUT2D eigenvalue weighted by Crippen LogP contribution is -2.27. The van der Waals surface area contributed by atoms with E-state index in [0.29, 0.717) is 44.1 Å². The first-order valence-corrected chi connectivity index (χ1v) is 12.9. The van der Waals surface area contributed by atoms with Crippen molar-refractivity contribution in [3.05, 3.63) is 95.6 Å². The summed E-state index contributed by atoms with van der Waals surface area (Å²) in [7, 11) is 0. The Balaban J connectivity index is 0.00000361. The monoisotopic (exact) mass is 561 g/mol. The van der Waals surface area contributed by atoms with Crippen LogP contribution in [0.4, 0.5) is 0 Å². The second kappa shape index (κ2) is 20.2. The average molecular weight is 563 g/mol. The van der Waals surface area contributed by atoms with Gasteiger partial charge in [-0.25, -0.2) is 0 Å². The SMILES string of the molecule is Cl.Cl.NCCCCNCCCNC(=O)CCc1ccc(OCc2ccccc2)c(OCc2ccccc2)c1. The normalized spacial score (nSPS) is 10.1. The minimum Gasteiger partial charge on any atom is -0.485 e. The van der Waals surface area contributed by atoms with Crippen LogP contribution in [0.2, 0.25) is 0 Å². The maximum Gasteiger partial charge on any atom is 0.220 e. The predicted molar refractivity (Wildman–Crippen MR) is 160 cm³/mol. The fourth-order valence-corrected chi connectivity index (χ4v) is 3.72. The maximum absolute atomic E-state index is 12.3. The van der Waals surface area contributed by atoms with Gasteiger partial charge in [-0.15, -0.1) is 24.8 Å². The molecule has 38 heavy (non-hydrogen) atoms. The first kappa shape index (κ1) is 33.3. The van der Waals surface area contributed by atoms with E-state index < -0.39 is 0 Å². The molecule has 0 bridgehead atoms. The van der Waals surface area contributed by atoms with Crippen molar-refractivity contribution in [1.29, 1.82) is 0 Å². The molecule has 0 atom stereocenters. The summed E-state index contributed by atoms with van der Waals surface area (Å²) in [6.45, 7) is 4.21. The molecular weight excluding hydrogens is 521 g/mol. The summed E-state index contributed by atoms with van der Waals surface area (Å²) < 4.78 is 12.2. The topological polar surface area (TPSA) is 85.6 Å². The first-order chi connectivity index (χ1) is 17.7. The van der Waals surface area contributed by atoms with Gasteiger partial charge in [0.15, 0.2) is 11.5 Å². The van der Waals surface area contributed by atoms with Gasteiger partial charge in [0, 0.05) is 13.0 Å². The zero-order valence-electron chi connectivity index (χ0n) is 21.9. The van der Waals surface area contributed by atoms with Gasteiger partial charge in [0.2, 0.25) is 5.91 Å². The predicted octanol–water partition coefficient (Wildman–Crippen LogP) is 5.46. The molecule has 0 aliphatic carbocycles. The minimum atomic E-state index is 0. The lowest BCUT2D eigenvalue weighted by molar-refractivity contribution is -0.121. The van der Waals surface area contributed by atoms with Gasteiger partial charge >= 0.3 is 0 Å². The van der Waals surface area contributed by atoms with E-state index in [1.165, 1.54) is 0 Å². The third-order valence-electron chi connectivity index (χ3n) is 5.78. The lowest BCUT2D eigenvalue weighted by Gasteiger charge is -2.15. The van der Waals surface area contributed by atoms with Crippen LogP contribution in [0.25, 0.3) is 0 Å². The van der Waals surface area contributed by atoms with E-state index in [9.17, 15) is 4.79 Å². The number of carbonyl (C=O) groups excluding carboxylic acids is 1. The van der Waals surface area contributed by atoms with E-state index in [1.807, 2.05) is 78.9 Å². The number of nitrogens with one attached hydrogen (secondary N) is 2. The Labute approximate surface area is 239 Å². The van der Waals surface area contributed by atoms with E-state index in [2.05, 4.69) is 10.6 Å². The van der Waals surface area contributed by atoms with E-state index in [4.69, 9.17) is 15.2 Å². The molecular formula is C30H41Cl2N3O3. The molecule has 0 spiro atoms. The molecule has 0 radical (unpaired) electrons. The fourth-order valence-electron chi connectivity index (χ4n) is 3.72. The van der Waals surface area contributed by atoms with Crippen molar-refractivity contribution >= 4 is 30.7 Å². The Morgan fingerprint density at radius 3 is 1.92 bits per heavy atom. The number of ether oxygens (including phenoxy) is 2. The van der Waals surface area contributed by atoms with Gasteiger partial charge in [-0.05, 0) is 74.1 Å². The number of hydrogen-bond acceptors (Lipinski definition) is 5. The molecule has 1 amide bonds. The third-order valence-corrected chi connectivity index (χ3v) is 5.78. The molecule has 3 aromatic rings. The molecule has 4 N–H and O–H groups in total. The van der Waals surface area contributed by atoms with E-state index in [0.717, 1.165) is 55.6 Å². The largest absolute Gasteiger partial charge is 0.485 e. The number of rotatable bonds is 17. The highest BCUT2D eigenvalue weighted by molar-refractivity contribution is 5.85. The molecule has 0 aromatic heterocycles. The van der Waals surface area contributed by atoms with Gasteiger partial charge in [0.25, 0.3) is 0 Å². The highest BCUT2D eigenvalue weighted by Crippen LogP contribution is 2.30. The van der Waals surface area contributed by atoms with Crippen molar-refractivity contribution in [3.8, 4) is 11.5 Å². The molecule has 3 rings (SSSR count). The third kappa shape index (κ3) is 13.2. The zero-order valence-corrected chi connectivity index (χ0v) is 23.5. The van der Waals surface area contributed by atoms with Crippen LogP contribution in [0.5, 0.6) is 11.5 Å². The maximum atomic E-state index is 12.3. The van der Waals surface area contributed by atoms with Crippen molar-refractivity contribution in [2.45, 2.75) is 45.3 Å². The van der Waals surface area contributed by atoms with E-state index in [1.54, 1.807) is 0 Å². The number of unbranched alkanes of at least 4 members (excludes halogenated alkanes) is 1. The summed E-state index contributed by atoms with van der Waals surface area (Å²) in [5, 5.41) is 6.39. The van der Waals surface area contributed by atoms with Crippen LogP contribution in [0.15, 0.2) is 78.9 Å². The van der Waals surface area contributed by atoms with E-state index >= 15 is 0 Å². The summed E-state index contributed by atoms with van der Waals surface area (Å²) in [6, 6.07) is 26.1. The molecule has 0 saturated carbocycles. The van der Waals surface area contributed by atoms with Crippen LogP contribution in [-0.4, -0.2) is 32.1 Å². The van der Waals surface area contributed by atoms with Gasteiger partial charge < -0.3 is 25.8 Å².